The Morgan fingerprint density at radius 1 is 1.29 bits per heavy atom. The van der Waals surface area contributed by atoms with Crippen LogP contribution in [-0.4, -0.2) is 45.3 Å². The molecule has 0 radical (unpaired) electrons. The van der Waals surface area contributed by atoms with Crippen molar-refractivity contribution < 1.29 is 9.90 Å². The highest BCUT2D eigenvalue weighted by Crippen LogP contribution is 2.37. The van der Waals surface area contributed by atoms with Gasteiger partial charge in [-0.2, -0.15) is 0 Å². The summed E-state index contributed by atoms with van der Waals surface area (Å²) in [7, 11) is 1.90. The van der Waals surface area contributed by atoms with Crippen molar-refractivity contribution in [2.75, 3.05) is 7.05 Å². The fraction of sp³-hybridized carbons (Fsp3) is 0.900. The van der Waals surface area contributed by atoms with E-state index in [-0.39, 0.29) is 5.91 Å². The summed E-state index contributed by atoms with van der Waals surface area (Å²) >= 11 is 0. The summed E-state index contributed by atoms with van der Waals surface area (Å²) in [6.07, 6.45) is -0.748. The monoisotopic (exact) mass is 200 g/mol. The third kappa shape index (κ3) is 1.25. The number of likely N-dealkylation sites (N-methyl/N-ethyl adjacent to an activating group) is 1. The first-order valence-electron chi connectivity index (χ1n) is 4.89. The number of aliphatic hydroxyl groups is 1. The van der Waals surface area contributed by atoms with Crippen LogP contribution in [0.4, 0.5) is 0 Å². The highest BCUT2D eigenvalue weighted by atomic mass is 16.3. The number of carbonyl (C=O) groups is 1. The van der Waals surface area contributed by atoms with Gasteiger partial charge in [0.15, 0.2) is 0 Å². The van der Waals surface area contributed by atoms with Crippen molar-refractivity contribution in [3.05, 3.63) is 0 Å². The Morgan fingerprint density at radius 2 is 1.71 bits per heavy atom. The molecule has 0 aromatic heterocycles. The van der Waals surface area contributed by atoms with E-state index >= 15 is 0 Å². The van der Waals surface area contributed by atoms with Crippen LogP contribution >= 0.6 is 0 Å². The van der Waals surface area contributed by atoms with E-state index < -0.39 is 17.4 Å². The van der Waals surface area contributed by atoms with Crippen LogP contribution in [-0.2, 0) is 4.79 Å². The van der Waals surface area contributed by atoms with Gasteiger partial charge in [0, 0.05) is 0 Å². The second kappa shape index (κ2) is 2.94. The van der Waals surface area contributed by atoms with Crippen LogP contribution in [0, 0.1) is 0 Å². The van der Waals surface area contributed by atoms with E-state index in [1.807, 2.05) is 39.6 Å². The van der Waals surface area contributed by atoms with Gasteiger partial charge in [-0.1, -0.05) is 0 Å². The third-order valence-electron chi connectivity index (χ3n) is 3.36. The second-order valence-corrected chi connectivity index (χ2v) is 4.92. The molecule has 1 aliphatic heterocycles. The molecular weight excluding hydrogens is 180 g/mol. The van der Waals surface area contributed by atoms with Gasteiger partial charge in [0.1, 0.15) is 6.23 Å². The highest BCUT2D eigenvalue weighted by molar-refractivity contribution is 5.88. The van der Waals surface area contributed by atoms with Gasteiger partial charge in [-0.25, -0.2) is 0 Å². The number of carbonyl (C=O) groups excluding carboxylic acids is 1. The van der Waals surface area contributed by atoms with Crippen LogP contribution < -0.4 is 0 Å². The van der Waals surface area contributed by atoms with Crippen LogP contribution in [0.25, 0.3) is 0 Å². The molecule has 1 rings (SSSR count). The predicted octanol–water partition coefficient (Wildman–Crippen LogP) is 0.613. The molecule has 1 N–H and O–H groups in total. The number of nitrogens with zero attached hydrogens (tertiary/aromatic N) is 2. The average Bonchev–Trinajstić information content (AvgIpc) is 2.10. The van der Waals surface area contributed by atoms with E-state index in [0.717, 1.165) is 0 Å². The van der Waals surface area contributed by atoms with Crippen LogP contribution in [0.2, 0.25) is 0 Å². The lowest BCUT2D eigenvalue weighted by Crippen LogP contribution is -2.52. The van der Waals surface area contributed by atoms with E-state index in [1.54, 1.807) is 6.92 Å². The summed E-state index contributed by atoms with van der Waals surface area (Å²) in [5, 5.41) is 9.59. The number of rotatable bonds is 1. The molecule has 0 saturated carbocycles. The average molecular weight is 200 g/mol. The number of aliphatic hydroxyl groups excluding tert-OH is 1. The van der Waals surface area contributed by atoms with Crippen LogP contribution in [0.1, 0.15) is 34.6 Å². The molecule has 1 amide bonds. The number of hydrogen-bond donors (Lipinski definition) is 1. The van der Waals surface area contributed by atoms with Crippen LogP contribution in [0.5, 0.6) is 0 Å². The molecule has 1 fully saturated rings. The van der Waals surface area contributed by atoms with Gasteiger partial charge >= 0.3 is 0 Å². The zero-order valence-corrected chi connectivity index (χ0v) is 9.83. The molecule has 14 heavy (non-hydrogen) atoms. The molecule has 0 aliphatic carbocycles. The summed E-state index contributed by atoms with van der Waals surface area (Å²) in [4.78, 5) is 15.5. The minimum absolute atomic E-state index is 0.0278. The Kier molecular flexibility index (Phi) is 2.41. The molecule has 0 aromatic carbocycles. The van der Waals surface area contributed by atoms with Crippen LogP contribution in [0.3, 0.4) is 0 Å². The maximum absolute atomic E-state index is 12.0. The highest BCUT2D eigenvalue weighted by Gasteiger charge is 2.55. The first-order chi connectivity index (χ1) is 6.13. The van der Waals surface area contributed by atoms with Gasteiger partial charge in [0.05, 0.1) is 11.2 Å². The first kappa shape index (κ1) is 11.5. The summed E-state index contributed by atoms with van der Waals surface area (Å²) in [6, 6.07) is 0. The van der Waals surface area contributed by atoms with Crippen molar-refractivity contribution in [1.82, 2.24) is 9.80 Å². The van der Waals surface area contributed by atoms with Crippen molar-refractivity contribution in [2.24, 2.45) is 0 Å². The molecule has 1 saturated heterocycles. The summed E-state index contributed by atoms with van der Waals surface area (Å²) in [5.41, 5.74) is -0.977. The van der Waals surface area contributed by atoms with Gasteiger partial charge in [0.25, 0.3) is 0 Å². The molecule has 1 heterocycles. The fourth-order valence-corrected chi connectivity index (χ4v) is 2.16. The van der Waals surface area contributed by atoms with Crippen molar-refractivity contribution in [3.8, 4) is 0 Å². The maximum atomic E-state index is 12.0. The van der Waals surface area contributed by atoms with E-state index in [9.17, 15) is 9.90 Å². The van der Waals surface area contributed by atoms with Crippen LogP contribution in [0.15, 0.2) is 0 Å². The molecule has 0 spiro atoms. The maximum Gasteiger partial charge on any atom is 0.246 e. The van der Waals surface area contributed by atoms with E-state index in [0.29, 0.717) is 0 Å². The summed E-state index contributed by atoms with van der Waals surface area (Å²) in [6.45, 7) is 9.24. The van der Waals surface area contributed by atoms with Gasteiger partial charge < -0.3 is 5.11 Å². The second-order valence-electron chi connectivity index (χ2n) is 4.92. The first-order valence-corrected chi connectivity index (χ1v) is 4.89. The molecule has 1 aliphatic rings. The van der Waals surface area contributed by atoms with Gasteiger partial charge in [-0.3, -0.25) is 14.6 Å². The van der Waals surface area contributed by atoms with E-state index in [4.69, 9.17) is 0 Å². The lowest BCUT2D eigenvalue weighted by molar-refractivity contribution is -0.144. The lowest BCUT2D eigenvalue weighted by Gasteiger charge is -2.38. The number of amides is 1. The SMILES string of the molecule is CC(O)N1C(=O)C(C)(C)N(C)C1(C)C. The molecule has 82 valence electrons. The zero-order valence-electron chi connectivity index (χ0n) is 9.83. The van der Waals surface area contributed by atoms with Gasteiger partial charge in [-0.05, 0) is 41.7 Å². The van der Waals surface area contributed by atoms with Gasteiger partial charge in [0.2, 0.25) is 5.91 Å². The normalized spacial score (nSPS) is 28.2. The molecule has 1 unspecified atom stereocenters. The quantitative estimate of drug-likeness (QED) is 0.674. The topological polar surface area (TPSA) is 43.8 Å². The minimum atomic E-state index is -0.748. The van der Waals surface area contributed by atoms with Gasteiger partial charge in [-0.15, -0.1) is 0 Å². The fourth-order valence-electron chi connectivity index (χ4n) is 2.16. The Hall–Kier alpha value is -0.610. The van der Waals surface area contributed by atoms with Crippen molar-refractivity contribution in [2.45, 2.75) is 52.0 Å². The van der Waals surface area contributed by atoms with Crippen molar-refractivity contribution in [3.63, 3.8) is 0 Å². The Labute approximate surface area is 85.5 Å². The molecule has 1 atom stereocenters. The Morgan fingerprint density at radius 3 is 1.86 bits per heavy atom. The summed E-state index contributed by atoms with van der Waals surface area (Å²) < 4.78 is 0. The molecule has 4 heteroatoms. The van der Waals surface area contributed by atoms with E-state index in [1.165, 1.54) is 4.90 Å². The smallest absolute Gasteiger partial charge is 0.246 e. The standard InChI is InChI=1S/C10H20N2O2/c1-7(13)12-8(14)9(2,3)11(6)10(12,4)5/h7,13H,1-6H3. The predicted molar refractivity (Wildman–Crippen MR) is 54.4 cm³/mol. The minimum Gasteiger partial charge on any atom is -0.374 e. The van der Waals surface area contributed by atoms with Crippen molar-refractivity contribution >= 4 is 5.91 Å². The molecule has 4 nitrogen and oxygen atoms in total. The van der Waals surface area contributed by atoms with Crippen molar-refractivity contribution in [1.29, 1.82) is 0 Å². The Balaban J connectivity index is 3.17. The summed E-state index contributed by atoms with van der Waals surface area (Å²) in [5.74, 6) is -0.0278. The lowest BCUT2D eigenvalue weighted by atomic mass is 10.0. The third-order valence-corrected chi connectivity index (χ3v) is 3.36. The molecule has 0 bridgehead atoms. The zero-order chi connectivity index (χ0) is 11.3. The number of hydrogen-bond acceptors (Lipinski definition) is 3. The van der Waals surface area contributed by atoms with E-state index in [2.05, 4.69) is 0 Å². The largest absolute Gasteiger partial charge is 0.374 e. The molecular formula is C10H20N2O2. The molecule has 0 aromatic rings. The Bertz CT molecular complexity index is 259.